The van der Waals surface area contributed by atoms with Gasteiger partial charge in [-0.3, -0.25) is 4.79 Å². The molecule has 1 amide bonds. The number of nitrogen functional groups attached to an aromatic ring is 1. The fourth-order valence-corrected chi connectivity index (χ4v) is 2.87. The Kier molecular flexibility index (Phi) is 3.94. The molecule has 17 heavy (non-hydrogen) atoms. The van der Waals surface area contributed by atoms with E-state index in [9.17, 15) is 4.79 Å². The maximum absolute atomic E-state index is 12.4. The van der Waals surface area contributed by atoms with E-state index in [0.29, 0.717) is 11.3 Å². The maximum atomic E-state index is 12.4. The molecular weight excluding hydrogens is 232 g/mol. The van der Waals surface area contributed by atoms with E-state index in [1.165, 1.54) is 0 Å². The number of nitrogens with zero attached hydrogens (tertiary/aromatic N) is 1. The van der Waals surface area contributed by atoms with Crippen LogP contribution >= 0.6 is 11.8 Å². The Labute approximate surface area is 106 Å². The number of aryl methyl sites for hydroxylation is 1. The summed E-state index contributed by atoms with van der Waals surface area (Å²) in [5.41, 5.74) is 8.22. The Balaban J connectivity index is 2.20. The van der Waals surface area contributed by atoms with Gasteiger partial charge in [0, 0.05) is 24.5 Å². The van der Waals surface area contributed by atoms with Gasteiger partial charge in [0.1, 0.15) is 0 Å². The highest BCUT2D eigenvalue weighted by Crippen LogP contribution is 2.20. The van der Waals surface area contributed by atoms with Crippen LogP contribution in [0.3, 0.4) is 0 Å². The molecule has 1 aliphatic heterocycles. The molecule has 0 atom stereocenters. The number of carbonyl (C=O) groups excluding carboxylic acids is 1. The molecular formula is C13H18N2OS. The molecule has 1 aromatic carbocycles. The minimum atomic E-state index is 0.0775. The second-order valence-electron chi connectivity index (χ2n) is 4.29. The molecule has 0 aliphatic carbocycles. The summed E-state index contributed by atoms with van der Waals surface area (Å²) in [5, 5.41) is 0. The maximum Gasteiger partial charge on any atom is 0.255 e. The quantitative estimate of drug-likeness (QED) is 0.777. The summed E-state index contributed by atoms with van der Waals surface area (Å²) in [5.74, 6) is 2.25. The number of benzene rings is 1. The second-order valence-corrected chi connectivity index (χ2v) is 5.52. The van der Waals surface area contributed by atoms with Crippen molar-refractivity contribution in [3.05, 3.63) is 29.3 Å². The Morgan fingerprint density at radius 3 is 3.00 bits per heavy atom. The Hall–Kier alpha value is -1.16. The number of carbonyl (C=O) groups is 1. The molecule has 2 rings (SSSR count). The van der Waals surface area contributed by atoms with Crippen molar-refractivity contribution < 1.29 is 4.79 Å². The smallest absolute Gasteiger partial charge is 0.255 e. The average Bonchev–Trinajstić information content (AvgIpc) is 2.60. The largest absolute Gasteiger partial charge is 0.398 e. The van der Waals surface area contributed by atoms with E-state index in [-0.39, 0.29) is 5.91 Å². The second kappa shape index (κ2) is 5.45. The van der Waals surface area contributed by atoms with E-state index in [4.69, 9.17) is 5.73 Å². The lowest BCUT2D eigenvalue weighted by Gasteiger charge is -2.21. The third-order valence-corrected chi connectivity index (χ3v) is 4.11. The molecule has 92 valence electrons. The fraction of sp³-hybridized carbons (Fsp3) is 0.462. The van der Waals surface area contributed by atoms with Gasteiger partial charge in [0.15, 0.2) is 0 Å². The molecule has 0 unspecified atom stereocenters. The standard InChI is InChI=1S/C13H18N2OS/c1-10-4-2-5-11(12(10)14)13(16)15-6-3-8-17-9-7-15/h2,4-5H,3,6-9,14H2,1H3. The van der Waals surface area contributed by atoms with Gasteiger partial charge in [-0.1, -0.05) is 12.1 Å². The topological polar surface area (TPSA) is 46.3 Å². The van der Waals surface area contributed by atoms with Gasteiger partial charge in [-0.2, -0.15) is 11.8 Å². The van der Waals surface area contributed by atoms with E-state index in [1.54, 1.807) is 0 Å². The van der Waals surface area contributed by atoms with Crippen molar-refractivity contribution in [2.45, 2.75) is 13.3 Å². The van der Waals surface area contributed by atoms with Gasteiger partial charge < -0.3 is 10.6 Å². The third kappa shape index (κ3) is 2.75. The number of hydrogen-bond donors (Lipinski definition) is 1. The van der Waals surface area contributed by atoms with Crippen LogP contribution in [0, 0.1) is 6.92 Å². The van der Waals surface area contributed by atoms with Gasteiger partial charge in [0.05, 0.1) is 5.56 Å². The predicted octanol–water partition coefficient (Wildman–Crippen LogP) is 2.16. The Bertz CT molecular complexity index is 412. The van der Waals surface area contributed by atoms with Crippen LogP contribution in [0.4, 0.5) is 5.69 Å². The number of nitrogens with two attached hydrogens (primary N) is 1. The summed E-state index contributed by atoms with van der Waals surface area (Å²) in [6, 6.07) is 5.65. The lowest BCUT2D eigenvalue weighted by atomic mass is 10.1. The van der Waals surface area contributed by atoms with E-state index in [2.05, 4.69) is 0 Å². The molecule has 0 saturated carbocycles. The van der Waals surface area contributed by atoms with Gasteiger partial charge in [-0.05, 0) is 30.7 Å². The monoisotopic (exact) mass is 250 g/mol. The lowest BCUT2D eigenvalue weighted by molar-refractivity contribution is 0.0769. The molecule has 1 saturated heterocycles. The van der Waals surface area contributed by atoms with Gasteiger partial charge in [-0.15, -0.1) is 0 Å². The van der Waals surface area contributed by atoms with Crippen LogP contribution in [0.1, 0.15) is 22.3 Å². The number of hydrogen-bond acceptors (Lipinski definition) is 3. The van der Waals surface area contributed by atoms with E-state index < -0.39 is 0 Å². The molecule has 3 nitrogen and oxygen atoms in total. The molecule has 0 spiro atoms. The van der Waals surface area contributed by atoms with Crippen LogP contribution in [0.25, 0.3) is 0 Å². The number of anilines is 1. The molecule has 0 aromatic heterocycles. The molecule has 1 heterocycles. The van der Waals surface area contributed by atoms with Crippen molar-refractivity contribution in [3.8, 4) is 0 Å². The van der Waals surface area contributed by atoms with E-state index in [1.807, 2.05) is 41.8 Å². The van der Waals surface area contributed by atoms with Crippen LogP contribution in [-0.4, -0.2) is 35.4 Å². The molecule has 0 bridgehead atoms. The molecule has 1 aromatic rings. The van der Waals surface area contributed by atoms with Gasteiger partial charge in [0.25, 0.3) is 5.91 Å². The molecule has 2 N–H and O–H groups in total. The number of amides is 1. The van der Waals surface area contributed by atoms with Gasteiger partial charge >= 0.3 is 0 Å². The summed E-state index contributed by atoms with van der Waals surface area (Å²) in [6.45, 7) is 3.61. The van der Waals surface area contributed by atoms with Crippen LogP contribution < -0.4 is 5.73 Å². The zero-order valence-electron chi connectivity index (χ0n) is 10.1. The van der Waals surface area contributed by atoms with Crippen LogP contribution in [-0.2, 0) is 0 Å². The van der Waals surface area contributed by atoms with Crippen molar-refractivity contribution in [3.63, 3.8) is 0 Å². The highest BCUT2D eigenvalue weighted by Gasteiger charge is 2.19. The van der Waals surface area contributed by atoms with Gasteiger partial charge in [-0.25, -0.2) is 0 Å². The SMILES string of the molecule is Cc1cccc(C(=O)N2CCCSCC2)c1N. The third-order valence-electron chi connectivity index (χ3n) is 3.06. The average molecular weight is 250 g/mol. The number of thioether (sulfide) groups is 1. The molecule has 1 fully saturated rings. The zero-order valence-corrected chi connectivity index (χ0v) is 10.9. The van der Waals surface area contributed by atoms with Crippen LogP contribution in [0.5, 0.6) is 0 Å². The summed E-state index contributed by atoms with van der Waals surface area (Å²) >= 11 is 1.91. The minimum Gasteiger partial charge on any atom is -0.398 e. The summed E-state index contributed by atoms with van der Waals surface area (Å²) in [7, 11) is 0. The highest BCUT2D eigenvalue weighted by molar-refractivity contribution is 7.99. The first-order chi connectivity index (χ1) is 8.20. The molecule has 0 radical (unpaired) electrons. The first-order valence-corrected chi connectivity index (χ1v) is 7.07. The first-order valence-electron chi connectivity index (χ1n) is 5.92. The predicted molar refractivity (Wildman–Crippen MR) is 73.4 cm³/mol. The Morgan fingerprint density at radius 2 is 2.18 bits per heavy atom. The minimum absolute atomic E-state index is 0.0775. The zero-order chi connectivity index (χ0) is 12.3. The van der Waals surface area contributed by atoms with Crippen molar-refractivity contribution in [1.29, 1.82) is 0 Å². The summed E-state index contributed by atoms with van der Waals surface area (Å²) < 4.78 is 0. The highest BCUT2D eigenvalue weighted by atomic mass is 32.2. The summed E-state index contributed by atoms with van der Waals surface area (Å²) in [4.78, 5) is 14.3. The first kappa shape index (κ1) is 12.3. The van der Waals surface area contributed by atoms with Crippen molar-refractivity contribution in [2.24, 2.45) is 0 Å². The van der Waals surface area contributed by atoms with Crippen LogP contribution in [0.15, 0.2) is 18.2 Å². The summed E-state index contributed by atoms with van der Waals surface area (Å²) in [6.07, 6.45) is 1.07. The number of rotatable bonds is 1. The van der Waals surface area contributed by atoms with E-state index >= 15 is 0 Å². The molecule has 1 aliphatic rings. The van der Waals surface area contributed by atoms with Crippen molar-refractivity contribution >= 4 is 23.4 Å². The Morgan fingerprint density at radius 1 is 1.35 bits per heavy atom. The normalized spacial score (nSPS) is 16.6. The van der Waals surface area contributed by atoms with Crippen molar-refractivity contribution in [1.82, 2.24) is 4.90 Å². The van der Waals surface area contributed by atoms with Crippen LogP contribution in [0.2, 0.25) is 0 Å². The fourth-order valence-electron chi connectivity index (χ4n) is 1.99. The van der Waals surface area contributed by atoms with Crippen molar-refractivity contribution in [2.75, 3.05) is 30.3 Å². The lowest BCUT2D eigenvalue weighted by Crippen LogP contribution is -2.33. The van der Waals surface area contributed by atoms with E-state index in [0.717, 1.165) is 36.6 Å². The van der Waals surface area contributed by atoms with Gasteiger partial charge in [0.2, 0.25) is 0 Å². The number of para-hydroxylation sites is 1. The molecule has 4 heteroatoms.